The molecule has 0 heterocycles. The van der Waals surface area contributed by atoms with Crippen molar-refractivity contribution < 1.29 is 4.79 Å². The molecule has 0 radical (unpaired) electrons. The lowest BCUT2D eigenvalue weighted by Gasteiger charge is -2.18. The van der Waals surface area contributed by atoms with Gasteiger partial charge in [0.25, 0.3) is 0 Å². The molecule has 18 heavy (non-hydrogen) atoms. The second-order valence-corrected chi connectivity index (χ2v) is 4.11. The molecule has 1 aromatic rings. The first-order valence-corrected chi connectivity index (χ1v) is 6.02. The summed E-state index contributed by atoms with van der Waals surface area (Å²) in [5, 5.41) is 10.1. The number of urea groups is 1. The zero-order chi connectivity index (χ0) is 13.5. The van der Waals surface area contributed by atoms with Crippen LogP contribution in [0, 0.1) is 5.41 Å². The van der Waals surface area contributed by atoms with E-state index in [1.54, 1.807) is 36.2 Å². The Hall–Kier alpha value is -2.04. The Morgan fingerprint density at radius 3 is 2.50 bits per heavy atom. The Morgan fingerprint density at radius 2 is 2.00 bits per heavy atom. The Kier molecular flexibility index (Phi) is 5.17. The number of benzene rings is 1. The molecule has 0 aromatic heterocycles. The number of nitrogens with one attached hydrogen (secondary N) is 2. The molecule has 5 heteroatoms. The van der Waals surface area contributed by atoms with Crippen LogP contribution in [0.25, 0.3) is 0 Å². The van der Waals surface area contributed by atoms with E-state index in [4.69, 9.17) is 11.1 Å². The Bertz CT molecular complexity index is 414. The van der Waals surface area contributed by atoms with Gasteiger partial charge in [0.1, 0.15) is 5.84 Å². The Labute approximate surface area is 107 Å². The summed E-state index contributed by atoms with van der Waals surface area (Å²) in [6, 6.07) is 6.88. The minimum absolute atomic E-state index is 0.0246. The number of hydrogen-bond acceptors (Lipinski definition) is 2. The predicted molar refractivity (Wildman–Crippen MR) is 74.2 cm³/mol. The first-order chi connectivity index (χ1) is 8.56. The molecule has 2 amide bonds. The molecule has 0 bridgehead atoms. The van der Waals surface area contributed by atoms with Crippen molar-refractivity contribution in [1.29, 1.82) is 5.41 Å². The molecule has 0 atom stereocenters. The van der Waals surface area contributed by atoms with Crippen molar-refractivity contribution in [3.05, 3.63) is 29.8 Å². The largest absolute Gasteiger partial charge is 0.384 e. The summed E-state index contributed by atoms with van der Waals surface area (Å²) < 4.78 is 0. The first kappa shape index (κ1) is 14.0. The van der Waals surface area contributed by atoms with Crippen LogP contribution >= 0.6 is 0 Å². The van der Waals surface area contributed by atoms with Crippen molar-refractivity contribution in [3.8, 4) is 0 Å². The van der Waals surface area contributed by atoms with Crippen molar-refractivity contribution in [1.82, 2.24) is 5.32 Å². The van der Waals surface area contributed by atoms with E-state index in [-0.39, 0.29) is 11.9 Å². The average Bonchev–Trinajstić information content (AvgIpc) is 2.38. The summed E-state index contributed by atoms with van der Waals surface area (Å²) in [7, 11) is 1.71. The molecule has 0 spiro atoms. The average molecular weight is 248 g/mol. The number of rotatable bonds is 5. The van der Waals surface area contributed by atoms with E-state index in [1.165, 1.54) is 0 Å². The molecule has 98 valence electrons. The van der Waals surface area contributed by atoms with Gasteiger partial charge in [0.2, 0.25) is 0 Å². The molecule has 1 aromatic carbocycles. The van der Waals surface area contributed by atoms with E-state index < -0.39 is 0 Å². The number of nitrogens with two attached hydrogens (primary N) is 1. The molecule has 0 aliphatic rings. The lowest BCUT2D eigenvalue weighted by Crippen LogP contribution is -2.37. The third-order valence-corrected chi connectivity index (χ3v) is 2.68. The van der Waals surface area contributed by atoms with E-state index >= 15 is 0 Å². The van der Waals surface area contributed by atoms with Gasteiger partial charge in [0.15, 0.2) is 0 Å². The molecule has 1 rings (SSSR count). The highest BCUT2D eigenvalue weighted by molar-refractivity contribution is 5.96. The highest BCUT2D eigenvalue weighted by Crippen LogP contribution is 2.13. The standard InChI is InChI=1S/C13H20N4O/c1-3-4-9-16-13(18)17(2)11-7-5-10(6-8-11)12(14)15/h5-8H,3-4,9H2,1-2H3,(H3,14,15)(H,16,18). The normalized spacial score (nSPS) is 9.89. The summed E-state index contributed by atoms with van der Waals surface area (Å²) in [6.45, 7) is 2.77. The quantitative estimate of drug-likeness (QED) is 0.422. The van der Waals surface area contributed by atoms with E-state index in [0.717, 1.165) is 18.5 Å². The first-order valence-electron chi connectivity index (χ1n) is 6.02. The summed E-state index contributed by atoms with van der Waals surface area (Å²) >= 11 is 0. The van der Waals surface area contributed by atoms with Crippen LogP contribution in [-0.4, -0.2) is 25.5 Å². The zero-order valence-corrected chi connectivity index (χ0v) is 10.9. The highest BCUT2D eigenvalue weighted by atomic mass is 16.2. The van der Waals surface area contributed by atoms with Gasteiger partial charge in [-0.2, -0.15) is 0 Å². The van der Waals surface area contributed by atoms with Crippen molar-refractivity contribution in [2.24, 2.45) is 5.73 Å². The topological polar surface area (TPSA) is 82.2 Å². The van der Waals surface area contributed by atoms with E-state index in [1.807, 2.05) is 0 Å². The van der Waals surface area contributed by atoms with Gasteiger partial charge < -0.3 is 11.1 Å². The molecule has 0 unspecified atom stereocenters. The van der Waals surface area contributed by atoms with Gasteiger partial charge in [0, 0.05) is 24.8 Å². The number of anilines is 1. The van der Waals surface area contributed by atoms with Crippen molar-refractivity contribution in [3.63, 3.8) is 0 Å². The molecular formula is C13H20N4O. The van der Waals surface area contributed by atoms with E-state index in [9.17, 15) is 4.79 Å². The number of amides is 2. The second-order valence-electron chi connectivity index (χ2n) is 4.11. The Balaban J connectivity index is 2.63. The van der Waals surface area contributed by atoms with Gasteiger partial charge in [-0.25, -0.2) is 4.79 Å². The number of nitrogens with zero attached hydrogens (tertiary/aromatic N) is 1. The predicted octanol–water partition coefficient (Wildman–Crippen LogP) is 1.92. The van der Waals surface area contributed by atoms with Crippen LogP contribution in [0.4, 0.5) is 10.5 Å². The van der Waals surface area contributed by atoms with Gasteiger partial charge in [-0.3, -0.25) is 10.3 Å². The summed E-state index contributed by atoms with van der Waals surface area (Å²) in [4.78, 5) is 13.3. The maximum absolute atomic E-state index is 11.8. The zero-order valence-electron chi connectivity index (χ0n) is 10.9. The molecule has 5 nitrogen and oxygen atoms in total. The number of carbonyl (C=O) groups excluding carboxylic acids is 1. The number of amidine groups is 1. The van der Waals surface area contributed by atoms with Crippen LogP contribution in [0.1, 0.15) is 25.3 Å². The van der Waals surface area contributed by atoms with Crippen LogP contribution in [0.5, 0.6) is 0 Å². The lowest BCUT2D eigenvalue weighted by atomic mass is 10.2. The van der Waals surface area contributed by atoms with Crippen LogP contribution in [0.15, 0.2) is 24.3 Å². The maximum atomic E-state index is 11.8. The van der Waals surface area contributed by atoms with Crippen LogP contribution < -0.4 is 16.0 Å². The van der Waals surface area contributed by atoms with E-state index in [0.29, 0.717) is 12.1 Å². The third-order valence-electron chi connectivity index (χ3n) is 2.68. The molecule has 0 aliphatic heterocycles. The fourth-order valence-corrected chi connectivity index (χ4v) is 1.47. The van der Waals surface area contributed by atoms with Gasteiger partial charge in [0.05, 0.1) is 0 Å². The molecule has 0 fully saturated rings. The van der Waals surface area contributed by atoms with Gasteiger partial charge in [-0.1, -0.05) is 13.3 Å². The SMILES string of the molecule is CCCCNC(=O)N(C)c1ccc(C(=N)N)cc1. The maximum Gasteiger partial charge on any atom is 0.321 e. The molecule has 4 N–H and O–H groups in total. The number of unbranched alkanes of at least 4 members (excludes halogenated alkanes) is 1. The smallest absolute Gasteiger partial charge is 0.321 e. The minimum atomic E-state index is -0.126. The lowest BCUT2D eigenvalue weighted by molar-refractivity contribution is 0.247. The summed E-state index contributed by atoms with van der Waals surface area (Å²) in [5.74, 6) is 0.0246. The van der Waals surface area contributed by atoms with Crippen molar-refractivity contribution in [2.45, 2.75) is 19.8 Å². The fraction of sp³-hybridized carbons (Fsp3) is 0.385. The number of carbonyl (C=O) groups is 1. The van der Waals surface area contributed by atoms with Gasteiger partial charge in [-0.15, -0.1) is 0 Å². The fourth-order valence-electron chi connectivity index (χ4n) is 1.47. The molecule has 0 saturated heterocycles. The van der Waals surface area contributed by atoms with E-state index in [2.05, 4.69) is 12.2 Å². The highest BCUT2D eigenvalue weighted by Gasteiger charge is 2.09. The molecule has 0 aliphatic carbocycles. The molecular weight excluding hydrogens is 228 g/mol. The second kappa shape index (κ2) is 6.64. The van der Waals surface area contributed by atoms with Gasteiger partial charge in [-0.05, 0) is 30.7 Å². The van der Waals surface area contributed by atoms with Crippen molar-refractivity contribution in [2.75, 3.05) is 18.5 Å². The number of nitrogen functional groups attached to an aromatic ring is 1. The third kappa shape index (κ3) is 3.76. The van der Waals surface area contributed by atoms with Crippen LogP contribution in [0.3, 0.4) is 0 Å². The minimum Gasteiger partial charge on any atom is -0.384 e. The van der Waals surface area contributed by atoms with Crippen LogP contribution in [-0.2, 0) is 0 Å². The van der Waals surface area contributed by atoms with Crippen molar-refractivity contribution >= 4 is 17.6 Å². The Morgan fingerprint density at radius 1 is 1.39 bits per heavy atom. The molecule has 0 saturated carbocycles. The number of hydrogen-bond donors (Lipinski definition) is 3. The van der Waals surface area contributed by atoms with Crippen LogP contribution in [0.2, 0.25) is 0 Å². The monoisotopic (exact) mass is 248 g/mol. The van der Waals surface area contributed by atoms with Gasteiger partial charge >= 0.3 is 6.03 Å². The summed E-state index contributed by atoms with van der Waals surface area (Å²) in [5.41, 5.74) is 6.79. The summed E-state index contributed by atoms with van der Waals surface area (Å²) in [6.07, 6.45) is 2.03.